The number of aromatic nitrogens is 5. The van der Waals surface area contributed by atoms with Crippen LogP contribution in [0.1, 0.15) is 5.82 Å². The fraction of sp³-hybridized carbons (Fsp3) is 0.143. The number of nitrogens with zero attached hydrogens (tertiary/aromatic N) is 3. The van der Waals surface area contributed by atoms with Crippen LogP contribution >= 0.6 is 12.2 Å². The Balaban J connectivity index is 1.98. The van der Waals surface area contributed by atoms with Gasteiger partial charge in [-0.2, -0.15) is 0 Å². The molecule has 2 rings (SSSR count). The molecule has 2 aromatic rings. The lowest BCUT2D eigenvalue weighted by atomic mass is 10.6. The number of ether oxygens (including phenoxy) is 1. The highest BCUT2D eigenvalue weighted by Crippen LogP contribution is 2.03. The van der Waals surface area contributed by atoms with Gasteiger partial charge in [0, 0.05) is 12.3 Å². The van der Waals surface area contributed by atoms with Crippen molar-refractivity contribution in [1.82, 2.24) is 25.1 Å². The van der Waals surface area contributed by atoms with E-state index in [9.17, 15) is 0 Å². The molecule has 0 saturated heterocycles. The molecule has 0 aliphatic rings. The average molecular weight is 209 g/mol. The molecular formula is C7H7N5OS. The van der Waals surface area contributed by atoms with Crippen molar-refractivity contribution in [2.75, 3.05) is 0 Å². The predicted octanol–water partition coefficient (Wildman–Crippen LogP) is 0.836. The minimum Gasteiger partial charge on any atom is -0.469 e. The molecule has 0 aliphatic carbocycles. The van der Waals surface area contributed by atoms with E-state index in [4.69, 9.17) is 17.0 Å². The first kappa shape index (κ1) is 8.82. The fourth-order valence-corrected chi connectivity index (χ4v) is 1.04. The number of hydrogen-bond donors (Lipinski definition) is 2. The molecular weight excluding hydrogens is 202 g/mol. The predicted molar refractivity (Wildman–Crippen MR) is 50.1 cm³/mol. The lowest BCUT2D eigenvalue weighted by molar-refractivity contribution is 0.284. The quantitative estimate of drug-likeness (QED) is 0.732. The number of H-pyrrole nitrogens is 2. The summed E-state index contributed by atoms with van der Waals surface area (Å²) < 4.78 is 5.70. The zero-order valence-electron chi connectivity index (χ0n) is 7.10. The van der Waals surface area contributed by atoms with Gasteiger partial charge in [0.25, 0.3) is 0 Å². The van der Waals surface area contributed by atoms with Crippen molar-refractivity contribution in [2.24, 2.45) is 0 Å². The van der Waals surface area contributed by atoms with Gasteiger partial charge in [0.15, 0.2) is 5.82 Å². The Kier molecular flexibility index (Phi) is 2.50. The van der Waals surface area contributed by atoms with Crippen LogP contribution in [0.25, 0.3) is 0 Å². The van der Waals surface area contributed by atoms with Crippen LogP contribution in [0, 0.1) is 4.77 Å². The summed E-state index contributed by atoms with van der Waals surface area (Å²) in [6.07, 6.45) is 3.03. The Labute approximate surface area is 84.4 Å². The Morgan fingerprint density at radius 3 is 3.00 bits per heavy atom. The zero-order valence-corrected chi connectivity index (χ0v) is 7.91. The van der Waals surface area contributed by atoms with E-state index in [1.807, 2.05) is 0 Å². The molecule has 0 bridgehead atoms. The SMILES string of the molecule is S=c1nc(COc2ccncn2)[nH][nH]1. The topological polar surface area (TPSA) is 79.5 Å². The standard InChI is InChI=1S/C7H7N5OS/c14-7-10-5(11-12-7)3-13-6-1-2-8-4-9-6/h1-2,4H,3H2,(H2,10,11,12,14). The molecule has 0 atom stereocenters. The summed E-state index contributed by atoms with van der Waals surface area (Å²) in [4.78, 5) is 11.6. The van der Waals surface area contributed by atoms with Gasteiger partial charge in [0.2, 0.25) is 10.7 Å². The molecule has 7 heteroatoms. The van der Waals surface area contributed by atoms with E-state index in [0.29, 0.717) is 23.1 Å². The van der Waals surface area contributed by atoms with E-state index >= 15 is 0 Å². The summed E-state index contributed by atoms with van der Waals surface area (Å²) in [5.74, 6) is 1.14. The second kappa shape index (κ2) is 3.97. The van der Waals surface area contributed by atoms with Crippen LogP contribution in [-0.2, 0) is 6.61 Å². The van der Waals surface area contributed by atoms with Crippen LogP contribution in [0.15, 0.2) is 18.6 Å². The highest BCUT2D eigenvalue weighted by molar-refractivity contribution is 7.71. The molecule has 0 unspecified atom stereocenters. The second-order valence-corrected chi connectivity index (χ2v) is 2.84. The molecule has 72 valence electrons. The number of hydrogen-bond acceptors (Lipinski definition) is 5. The van der Waals surface area contributed by atoms with Crippen LogP contribution in [0.5, 0.6) is 5.88 Å². The van der Waals surface area contributed by atoms with E-state index in [0.717, 1.165) is 0 Å². The molecule has 6 nitrogen and oxygen atoms in total. The highest BCUT2D eigenvalue weighted by Gasteiger charge is 1.98. The Hall–Kier alpha value is -1.76. The first-order valence-corrected chi connectivity index (χ1v) is 4.28. The van der Waals surface area contributed by atoms with Gasteiger partial charge in [-0.05, 0) is 12.2 Å². The molecule has 0 saturated carbocycles. The van der Waals surface area contributed by atoms with Gasteiger partial charge in [-0.3, -0.25) is 10.2 Å². The smallest absolute Gasteiger partial charge is 0.216 e. The van der Waals surface area contributed by atoms with Gasteiger partial charge in [-0.1, -0.05) is 0 Å². The van der Waals surface area contributed by atoms with E-state index < -0.39 is 0 Å². The average Bonchev–Trinajstić information content (AvgIpc) is 2.63. The zero-order chi connectivity index (χ0) is 9.80. The van der Waals surface area contributed by atoms with Crippen LogP contribution in [0.2, 0.25) is 0 Å². The van der Waals surface area contributed by atoms with Crippen molar-refractivity contribution in [3.63, 3.8) is 0 Å². The van der Waals surface area contributed by atoms with Crippen molar-refractivity contribution < 1.29 is 4.74 Å². The summed E-state index contributed by atoms with van der Waals surface area (Å²) in [7, 11) is 0. The van der Waals surface area contributed by atoms with Crippen molar-refractivity contribution in [3.8, 4) is 5.88 Å². The molecule has 0 radical (unpaired) electrons. The van der Waals surface area contributed by atoms with Gasteiger partial charge in [-0.25, -0.2) is 15.0 Å². The minimum absolute atomic E-state index is 0.296. The number of aromatic amines is 2. The minimum atomic E-state index is 0.296. The summed E-state index contributed by atoms with van der Waals surface area (Å²) >= 11 is 4.78. The van der Waals surface area contributed by atoms with Gasteiger partial charge < -0.3 is 4.74 Å². The maximum atomic E-state index is 5.29. The van der Waals surface area contributed by atoms with Crippen LogP contribution in [-0.4, -0.2) is 25.1 Å². The van der Waals surface area contributed by atoms with E-state index in [1.54, 1.807) is 12.3 Å². The summed E-state index contributed by atoms with van der Waals surface area (Å²) in [6, 6.07) is 1.67. The largest absolute Gasteiger partial charge is 0.469 e. The lowest BCUT2D eigenvalue weighted by Gasteiger charge is -2.00. The van der Waals surface area contributed by atoms with Gasteiger partial charge in [-0.15, -0.1) is 0 Å². The maximum Gasteiger partial charge on any atom is 0.216 e. The first-order valence-electron chi connectivity index (χ1n) is 3.87. The summed E-state index contributed by atoms with van der Waals surface area (Å²) in [5, 5.41) is 5.44. The fourth-order valence-electron chi connectivity index (χ4n) is 0.879. The summed E-state index contributed by atoms with van der Waals surface area (Å²) in [6.45, 7) is 0.296. The van der Waals surface area contributed by atoms with Crippen LogP contribution in [0.3, 0.4) is 0 Å². The van der Waals surface area contributed by atoms with Crippen LogP contribution in [0.4, 0.5) is 0 Å². The van der Waals surface area contributed by atoms with E-state index in [2.05, 4.69) is 25.1 Å². The molecule has 2 heterocycles. The first-order chi connectivity index (χ1) is 6.84. The van der Waals surface area contributed by atoms with Crippen molar-refractivity contribution in [3.05, 3.63) is 29.2 Å². The number of rotatable bonds is 3. The van der Waals surface area contributed by atoms with Crippen molar-refractivity contribution in [1.29, 1.82) is 0 Å². The number of nitrogens with one attached hydrogen (secondary N) is 2. The molecule has 0 spiro atoms. The lowest BCUT2D eigenvalue weighted by Crippen LogP contribution is -1.99. The Bertz CT molecular complexity index is 450. The third-order valence-corrected chi connectivity index (χ3v) is 1.66. The third-order valence-electron chi connectivity index (χ3n) is 1.46. The molecule has 0 amide bonds. The monoisotopic (exact) mass is 209 g/mol. The highest BCUT2D eigenvalue weighted by atomic mass is 32.1. The molecule has 0 aromatic carbocycles. The molecule has 2 N–H and O–H groups in total. The molecule has 0 aliphatic heterocycles. The van der Waals surface area contributed by atoms with E-state index in [-0.39, 0.29) is 0 Å². The molecule has 0 fully saturated rings. The normalized spacial score (nSPS) is 10.0. The second-order valence-electron chi connectivity index (χ2n) is 2.45. The van der Waals surface area contributed by atoms with E-state index in [1.165, 1.54) is 6.33 Å². The Morgan fingerprint density at radius 2 is 2.36 bits per heavy atom. The third kappa shape index (κ3) is 2.13. The molecule has 2 aromatic heterocycles. The van der Waals surface area contributed by atoms with Gasteiger partial charge in [0.05, 0.1) is 0 Å². The van der Waals surface area contributed by atoms with Gasteiger partial charge >= 0.3 is 0 Å². The van der Waals surface area contributed by atoms with Gasteiger partial charge in [0.1, 0.15) is 12.9 Å². The van der Waals surface area contributed by atoms with Crippen molar-refractivity contribution in [2.45, 2.75) is 6.61 Å². The maximum absolute atomic E-state index is 5.29. The Morgan fingerprint density at radius 1 is 1.43 bits per heavy atom. The molecule has 14 heavy (non-hydrogen) atoms. The van der Waals surface area contributed by atoms with Crippen molar-refractivity contribution >= 4 is 12.2 Å². The summed E-state index contributed by atoms with van der Waals surface area (Å²) in [5.41, 5.74) is 0. The van der Waals surface area contributed by atoms with Crippen LogP contribution < -0.4 is 4.74 Å².